The second-order valence-electron chi connectivity index (χ2n) is 3.56. The summed E-state index contributed by atoms with van der Waals surface area (Å²) in [5.74, 6) is 1.89. The molecule has 0 radical (unpaired) electrons. The summed E-state index contributed by atoms with van der Waals surface area (Å²) in [6, 6.07) is 0. The summed E-state index contributed by atoms with van der Waals surface area (Å²) in [4.78, 5) is 0. The van der Waals surface area contributed by atoms with Crippen LogP contribution in [0.2, 0.25) is 0 Å². The van der Waals surface area contributed by atoms with Crippen molar-refractivity contribution in [2.75, 3.05) is 17.3 Å². The maximum absolute atomic E-state index is 11.5. The Morgan fingerprint density at radius 3 is 2.73 bits per heavy atom. The van der Waals surface area contributed by atoms with E-state index in [4.69, 9.17) is 0 Å². The van der Waals surface area contributed by atoms with Gasteiger partial charge in [-0.2, -0.15) is 0 Å². The molecule has 0 heterocycles. The van der Waals surface area contributed by atoms with E-state index in [1.807, 2.05) is 11.5 Å². The fourth-order valence-corrected chi connectivity index (χ4v) is 4.19. The largest absolute Gasteiger partial charge is 0.229 e. The Bertz CT molecular complexity index is 316. The van der Waals surface area contributed by atoms with Gasteiger partial charge in [0.1, 0.15) is 0 Å². The Balaban J connectivity index is 2.13. The Hall–Kier alpha value is 0.130. The molecule has 0 spiro atoms. The standard InChI is InChI=1S/C10H16O2S3/c1-2-6-13-14-7-3-8-15(11,12)9-10-4-5-10/h2-3,7,10H,1,4-6,8-9H2/b7-3+. The van der Waals surface area contributed by atoms with Crippen molar-refractivity contribution >= 4 is 31.4 Å². The van der Waals surface area contributed by atoms with Crippen LogP contribution in [0.1, 0.15) is 12.8 Å². The van der Waals surface area contributed by atoms with Crippen LogP contribution in [0.5, 0.6) is 0 Å². The molecular weight excluding hydrogens is 248 g/mol. The van der Waals surface area contributed by atoms with Gasteiger partial charge in [0.25, 0.3) is 0 Å². The second kappa shape index (κ2) is 6.66. The van der Waals surface area contributed by atoms with Gasteiger partial charge in [0, 0.05) is 5.75 Å². The van der Waals surface area contributed by atoms with Crippen molar-refractivity contribution in [1.82, 2.24) is 0 Å². The van der Waals surface area contributed by atoms with Crippen LogP contribution in [0.3, 0.4) is 0 Å². The molecule has 15 heavy (non-hydrogen) atoms. The maximum atomic E-state index is 11.5. The molecule has 0 aromatic heterocycles. The Kier molecular flexibility index (Phi) is 5.86. The van der Waals surface area contributed by atoms with Crippen LogP contribution >= 0.6 is 21.6 Å². The zero-order valence-electron chi connectivity index (χ0n) is 8.59. The minimum absolute atomic E-state index is 0.186. The lowest BCUT2D eigenvalue weighted by molar-refractivity contribution is 0.595. The van der Waals surface area contributed by atoms with Gasteiger partial charge in [-0.15, -0.1) is 6.58 Å². The molecule has 1 rings (SSSR count). The van der Waals surface area contributed by atoms with Crippen molar-refractivity contribution in [1.29, 1.82) is 0 Å². The van der Waals surface area contributed by atoms with E-state index in [0.29, 0.717) is 11.7 Å². The summed E-state index contributed by atoms with van der Waals surface area (Å²) < 4.78 is 23.0. The first-order valence-electron chi connectivity index (χ1n) is 4.88. The Morgan fingerprint density at radius 2 is 2.13 bits per heavy atom. The average Bonchev–Trinajstić information content (AvgIpc) is 2.94. The van der Waals surface area contributed by atoms with Crippen LogP contribution in [0.15, 0.2) is 24.1 Å². The first-order chi connectivity index (χ1) is 7.14. The summed E-state index contributed by atoms with van der Waals surface area (Å²) in [5, 5.41) is 1.85. The lowest BCUT2D eigenvalue weighted by atomic mass is 10.5. The molecule has 0 aliphatic heterocycles. The SMILES string of the molecule is C=CCSS/C=C/CS(=O)(=O)CC1CC1. The van der Waals surface area contributed by atoms with Crippen molar-refractivity contribution in [3.63, 3.8) is 0 Å². The molecule has 5 heteroatoms. The van der Waals surface area contributed by atoms with Crippen molar-refractivity contribution < 1.29 is 8.42 Å². The molecule has 1 saturated carbocycles. The fraction of sp³-hybridized carbons (Fsp3) is 0.600. The predicted molar refractivity (Wildman–Crippen MR) is 70.8 cm³/mol. The van der Waals surface area contributed by atoms with Crippen LogP contribution in [0.4, 0.5) is 0 Å². The molecule has 0 N–H and O–H groups in total. The Labute approximate surface area is 99.9 Å². The van der Waals surface area contributed by atoms with Crippen LogP contribution in [-0.2, 0) is 9.84 Å². The van der Waals surface area contributed by atoms with Gasteiger partial charge in [-0.3, -0.25) is 0 Å². The van der Waals surface area contributed by atoms with Crippen LogP contribution in [0.25, 0.3) is 0 Å². The molecular formula is C10H16O2S3. The zero-order valence-corrected chi connectivity index (χ0v) is 11.0. The van der Waals surface area contributed by atoms with Crippen LogP contribution in [-0.4, -0.2) is 25.7 Å². The van der Waals surface area contributed by atoms with Gasteiger partial charge in [0.15, 0.2) is 9.84 Å². The highest BCUT2D eigenvalue weighted by Gasteiger charge is 2.27. The second-order valence-corrected chi connectivity index (χ2v) is 8.03. The van der Waals surface area contributed by atoms with E-state index in [0.717, 1.165) is 18.6 Å². The summed E-state index contributed by atoms with van der Waals surface area (Å²) in [6.45, 7) is 3.60. The zero-order chi connectivity index (χ0) is 11.1. The molecule has 2 nitrogen and oxygen atoms in total. The van der Waals surface area contributed by atoms with Crippen molar-refractivity contribution in [2.45, 2.75) is 12.8 Å². The minimum Gasteiger partial charge on any atom is -0.229 e. The summed E-state index contributed by atoms with van der Waals surface area (Å²) >= 11 is 0. The first-order valence-corrected chi connectivity index (χ1v) is 9.09. The molecule has 0 saturated heterocycles. The van der Waals surface area contributed by atoms with Crippen molar-refractivity contribution in [2.24, 2.45) is 5.92 Å². The highest BCUT2D eigenvalue weighted by Crippen LogP contribution is 2.30. The fourth-order valence-electron chi connectivity index (χ4n) is 1.06. The number of sulfone groups is 1. The molecule has 0 aromatic carbocycles. The molecule has 1 aliphatic rings. The third-order valence-corrected chi connectivity index (χ3v) is 5.58. The molecule has 1 fully saturated rings. The van der Waals surface area contributed by atoms with E-state index < -0.39 is 9.84 Å². The van der Waals surface area contributed by atoms with E-state index in [-0.39, 0.29) is 5.75 Å². The quantitative estimate of drug-likeness (QED) is 0.383. The van der Waals surface area contributed by atoms with E-state index >= 15 is 0 Å². The molecule has 0 unspecified atom stereocenters. The first kappa shape index (κ1) is 13.2. The molecule has 0 bridgehead atoms. The maximum Gasteiger partial charge on any atom is 0.154 e. The van der Waals surface area contributed by atoms with Gasteiger partial charge in [-0.05, 0) is 24.2 Å². The van der Waals surface area contributed by atoms with Gasteiger partial charge in [-0.1, -0.05) is 33.7 Å². The lowest BCUT2D eigenvalue weighted by Crippen LogP contribution is -2.10. The van der Waals surface area contributed by atoms with Gasteiger partial charge >= 0.3 is 0 Å². The predicted octanol–water partition coefficient (Wildman–Crippen LogP) is 2.89. The number of hydrogen-bond donors (Lipinski definition) is 0. The van der Waals surface area contributed by atoms with E-state index in [9.17, 15) is 8.42 Å². The van der Waals surface area contributed by atoms with Crippen molar-refractivity contribution in [3.05, 3.63) is 24.1 Å². The highest BCUT2D eigenvalue weighted by atomic mass is 33.1. The average molecular weight is 264 g/mol. The summed E-state index contributed by atoms with van der Waals surface area (Å²) in [7, 11) is 0.360. The summed E-state index contributed by atoms with van der Waals surface area (Å²) in [5.41, 5.74) is 0. The van der Waals surface area contributed by atoms with Gasteiger partial charge < -0.3 is 0 Å². The van der Waals surface area contributed by atoms with E-state index in [1.54, 1.807) is 27.7 Å². The molecule has 1 aliphatic carbocycles. The third kappa shape index (κ3) is 7.09. The topological polar surface area (TPSA) is 34.1 Å². The number of rotatable bonds is 8. The smallest absolute Gasteiger partial charge is 0.154 e. The van der Waals surface area contributed by atoms with Crippen LogP contribution < -0.4 is 0 Å². The van der Waals surface area contributed by atoms with Crippen molar-refractivity contribution in [3.8, 4) is 0 Å². The minimum atomic E-state index is -2.84. The molecule has 0 atom stereocenters. The molecule has 86 valence electrons. The van der Waals surface area contributed by atoms with Gasteiger partial charge in [-0.25, -0.2) is 8.42 Å². The third-order valence-electron chi connectivity index (χ3n) is 1.94. The van der Waals surface area contributed by atoms with E-state index in [1.165, 1.54) is 0 Å². The van der Waals surface area contributed by atoms with Gasteiger partial charge in [0.05, 0.1) is 11.5 Å². The normalized spacial score (nSPS) is 17.1. The lowest BCUT2D eigenvalue weighted by Gasteiger charge is -1.97. The molecule has 0 amide bonds. The molecule has 0 aromatic rings. The monoisotopic (exact) mass is 264 g/mol. The van der Waals surface area contributed by atoms with Crippen LogP contribution in [0, 0.1) is 5.92 Å². The summed E-state index contributed by atoms with van der Waals surface area (Å²) in [6.07, 6.45) is 5.74. The highest BCUT2D eigenvalue weighted by molar-refractivity contribution is 8.77. The number of hydrogen-bond acceptors (Lipinski definition) is 4. The van der Waals surface area contributed by atoms with E-state index in [2.05, 4.69) is 6.58 Å². The Morgan fingerprint density at radius 1 is 1.40 bits per heavy atom. The van der Waals surface area contributed by atoms with Gasteiger partial charge in [0.2, 0.25) is 0 Å².